The lowest BCUT2D eigenvalue weighted by Crippen LogP contribution is -2.45. The van der Waals surface area contributed by atoms with Crippen molar-refractivity contribution in [2.24, 2.45) is 11.3 Å². The normalized spacial score (nSPS) is 28.0. The molecule has 164 valence electrons. The summed E-state index contributed by atoms with van der Waals surface area (Å²) >= 11 is 1.57. The third-order valence-electron chi connectivity index (χ3n) is 6.28. The topological polar surface area (TPSA) is 98.0 Å². The summed E-state index contributed by atoms with van der Waals surface area (Å²) < 4.78 is 0. The fourth-order valence-corrected chi connectivity index (χ4v) is 5.45. The number of thioether (sulfide) groups is 1. The summed E-state index contributed by atoms with van der Waals surface area (Å²) in [7, 11) is 0. The van der Waals surface area contributed by atoms with Gasteiger partial charge >= 0.3 is 5.97 Å². The molecule has 0 aromatic heterocycles. The molecule has 1 fully saturated rings. The minimum atomic E-state index is -0.850. The monoisotopic (exact) mass is 416 g/mol. The minimum Gasteiger partial charge on any atom is -0.481 e. The van der Waals surface area contributed by atoms with Crippen molar-refractivity contribution in [1.29, 1.82) is 0 Å². The number of aliphatic hydroxyl groups is 3. The van der Waals surface area contributed by atoms with Crippen LogP contribution in [-0.4, -0.2) is 55.2 Å². The first-order valence-corrected chi connectivity index (χ1v) is 11.6. The first-order chi connectivity index (χ1) is 13.0. The van der Waals surface area contributed by atoms with Crippen LogP contribution >= 0.6 is 11.8 Å². The lowest BCUT2D eigenvalue weighted by molar-refractivity contribution is -0.137. The van der Waals surface area contributed by atoms with Crippen LogP contribution in [-0.2, 0) is 4.79 Å². The third kappa shape index (κ3) is 7.69. The van der Waals surface area contributed by atoms with Crippen molar-refractivity contribution in [2.75, 3.05) is 5.75 Å². The second kappa shape index (κ2) is 11.6. The predicted molar refractivity (Wildman–Crippen MR) is 116 cm³/mol. The Morgan fingerprint density at radius 2 is 1.82 bits per heavy atom. The maximum Gasteiger partial charge on any atom is 0.303 e. The van der Waals surface area contributed by atoms with Gasteiger partial charge in [-0.25, -0.2) is 0 Å². The Morgan fingerprint density at radius 1 is 1.14 bits per heavy atom. The Hall–Kier alpha value is -0.560. The van der Waals surface area contributed by atoms with E-state index in [0.717, 1.165) is 19.3 Å². The van der Waals surface area contributed by atoms with Crippen LogP contribution in [0.15, 0.2) is 12.2 Å². The summed E-state index contributed by atoms with van der Waals surface area (Å²) in [4.78, 5) is 10.5. The molecule has 1 rings (SSSR count). The van der Waals surface area contributed by atoms with E-state index in [1.54, 1.807) is 11.8 Å². The summed E-state index contributed by atoms with van der Waals surface area (Å²) in [5.74, 6) is -0.310. The molecule has 0 spiro atoms. The van der Waals surface area contributed by atoms with E-state index in [4.69, 9.17) is 5.11 Å². The number of rotatable bonds is 13. The third-order valence-corrected chi connectivity index (χ3v) is 8.06. The van der Waals surface area contributed by atoms with Crippen LogP contribution in [0.3, 0.4) is 0 Å². The van der Waals surface area contributed by atoms with Crippen molar-refractivity contribution < 1.29 is 25.2 Å². The van der Waals surface area contributed by atoms with Crippen molar-refractivity contribution in [2.45, 2.75) is 102 Å². The van der Waals surface area contributed by atoms with Crippen LogP contribution < -0.4 is 0 Å². The molecule has 1 aliphatic rings. The van der Waals surface area contributed by atoms with Gasteiger partial charge in [-0.15, -0.1) is 0 Å². The van der Waals surface area contributed by atoms with E-state index in [-0.39, 0.29) is 23.0 Å². The average Bonchev–Trinajstić information content (AvgIpc) is 2.87. The van der Waals surface area contributed by atoms with Crippen LogP contribution in [0.2, 0.25) is 0 Å². The molecule has 0 aliphatic heterocycles. The number of carboxylic acids is 1. The summed E-state index contributed by atoms with van der Waals surface area (Å²) in [5, 5.41) is 40.4. The first kappa shape index (κ1) is 25.5. The number of carbonyl (C=O) groups is 1. The van der Waals surface area contributed by atoms with Crippen LogP contribution in [0.4, 0.5) is 0 Å². The minimum absolute atomic E-state index is 0.0507. The van der Waals surface area contributed by atoms with E-state index < -0.39 is 23.8 Å². The SMILES string of the molecule is CCCCC(C)(C)C(C)(O)CS[C@H]1C(O)CC(O)[C@@H]1CC=CCCCC(=O)O. The van der Waals surface area contributed by atoms with Crippen LogP contribution in [0.25, 0.3) is 0 Å². The van der Waals surface area contributed by atoms with Crippen molar-refractivity contribution in [3.05, 3.63) is 12.2 Å². The van der Waals surface area contributed by atoms with E-state index in [2.05, 4.69) is 20.8 Å². The predicted octanol–water partition coefficient (Wildman–Crippen LogP) is 4.00. The number of hydrogen-bond donors (Lipinski definition) is 4. The molecule has 6 heteroatoms. The van der Waals surface area contributed by atoms with Gasteiger partial charge in [0.25, 0.3) is 0 Å². The highest BCUT2D eigenvalue weighted by atomic mass is 32.2. The number of carboxylic acid groups (broad SMARTS) is 1. The van der Waals surface area contributed by atoms with Gasteiger partial charge in [-0.05, 0) is 38.0 Å². The van der Waals surface area contributed by atoms with Gasteiger partial charge < -0.3 is 20.4 Å². The van der Waals surface area contributed by atoms with Gasteiger partial charge in [0.1, 0.15) is 0 Å². The summed E-state index contributed by atoms with van der Waals surface area (Å²) in [6, 6.07) is 0. The second-order valence-electron chi connectivity index (χ2n) is 9.06. The van der Waals surface area contributed by atoms with Crippen molar-refractivity contribution in [3.63, 3.8) is 0 Å². The van der Waals surface area contributed by atoms with E-state index in [1.807, 2.05) is 19.1 Å². The smallest absolute Gasteiger partial charge is 0.303 e. The molecule has 0 aromatic rings. The number of aliphatic carboxylic acids is 1. The molecule has 5 nitrogen and oxygen atoms in total. The maximum atomic E-state index is 11.1. The summed E-state index contributed by atoms with van der Waals surface area (Å²) in [6.07, 6.45) is 8.47. The zero-order valence-electron chi connectivity index (χ0n) is 17.9. The van der Waals surface area contributed by atoms with E-state index in [9.17, 15) is 20.1 Å². The standard InChI is InChI=1S/C22H40O5S/c1-5-6-13-21(2,3)22(4,27)15-28-20-16(17(23)14-18(20)24)11-9-7-8-10-12-19(25)26/h7,9,16-18,20,23-24,27H,5-6,8,10-15H2,1-4H3,(H,25,26)/t16-,17?,18?,20+,22?/m0/s1. The number of allylic oxidation sites excluding steroid dienone is 2. The van der Waals surface area contributed by atoms with Gasteiger partial charge in [-0.1, -0.05) is 45.8 Å². The number of aliphatic hydroxyl groups excluding tert-OH is 2. The number of hydrogen-bond acceptors (Lipinski definition) is 5. The highest BCUT2D eigenvalue weighted by Gasteiger charge is 2.44. The average molecular weight is 417 g/mol. The maximum absolute atomic E-state index is 11.1. The van der Waals surface area contributed by atoms with Gasteiger partial charge in [0.15, 0.2) is 0 Å². The number of unbranched alkanes of at least 4 members (excludes halogenated alkanes) is 2. The van der Waals surface area contributed by atoms with Gasteiger partial charge in [0, 0.05) is 29.8 Å². The molecule has 1 aliphatic carbocycles. The molecule has 4 N–H and O–H groups in total. The van der Waals surface area contributed by atoms with E-state index >= 15 is 0 Å². The van der Waals surface area contributed by atoms with Gasteiger partial charge in [0.2, 0.25) is 0 Å². The molecule has 0 radical (unpaired) electrons. The van der Waals surface area contributed by atoms with Crippen LogP contribution in [0.1, 0.15) is 79.1 Å². The van der Waals surface area contributed by atoms with Crippen LogP contribution in [0.5, 0.6) is 0 Å². The molecule has 0 bridgehead atoms. The lowest BCUT2D eigenvalue weighted by atomic mass is 9.73. The van der Waals surface area contributed by atoms with Gasteiger partial charge in [-0.2, -0.15) is 11.8 Å². The summed E-state index contributed by atoms with van der Waals surface area (Å²) in [6.45, 7) is 8.22. The molecule has 0 saturated heterocycles. The molecule has 28 heavy (non-hydrogen) atoms. The highest BCUT2D eigenvalue weighted by molar-refractivity contribution is 8.00. The Kier molecular flexibility index (Phi) is 10.5. The Labute approximate surface area is 174 Å². The second-order valence-corrected chi connectivity index (χ2v) is 10.2. The van der Waals surface area contributed by atoms with Crippen molar-refractivity contribution >= 4 is 17.7 Å². The van der Waals surface area contributed by atoms with Gasteiger partial charge in [0.05, 0.1) is 17.8 Å². The van der Waals surface area contributed by atoms with E-state index in [1.165, 1.54) is 0 Å². The highest BCUT2D eigenvalue weighted by Crippen LogP contribution is 2.43. The largest absolute Gasteiger partial charge is 0.481 e. The van der Waals surface area contributed by atoms with Gasteiger partial charge in [-0.3, -0.25) is 4.79 Å². The summed E-state index contributed by atoms with van der Waals surface area (Å²) in [5.41, 5.74) is -1.06. The molecular weight excluding hydrogens is 376 g/mol. The fourth-order valence-electron chi connectivity index (χ4n) is 3.67. The molecular formula is C22H40O5S. The Bertz CT molecular complexity index is 503. The van der Waals surface area contributed by atoms with E-state index in [0.29, 0.717) is 31.4 Å². The first-order valence-electron chi connectivity index (χ1n) is 10.6. The van der Waals surface area contributed by atoms with Crippen LogP contribution in [0, 0.1) is 11.3 Å². The molecule has 1 saturated carbocycles. The molecule has 0 amide bonds. The molecule has 3 unspecified atom stereocenters. The molecule has 0 aromatic carbocycles. The quantitative estimate of drug-likeness (QED) is 0.268. The Morgan fingerprint density at radius 3 is 2.43 bits per heavy atom. The molecule has 0 heterocycles. The van der Waals surface area contributed by atoms with Crippen molar-refractivity contribution in [1.82, 2.24) is 0 Å². The fraction of sp³-hybridized carbons (Fsp3) is 0.864. The Balaban J connectivity index is 2.61. The van der Waals surface area contributed by atoms with Crippen molar-refractivity contribution in [3.8, 4) is 0 Å². The molecule has 5 atom stereocenters. The zero-order valence-corrected chi connectivity index (χ0v) is 18.7. The zero-order chi connectivity index (χ0) is 21.4. The lowest BCUT2D eigenvalue weighted by Gasteiger charge is -2.41.